The second kappa shape index (κ2) is 6.60. The number of rotatable bonds is 2. The summed E-state index contributed by atoms with van der Waals surface area (Å²) in [4.78, 5) is 26.5. The zero-order chi connectivity index (χ0) is 18.1. The molecule has 124 valence electrons. The van der Waals surface area contributed by atoms with Crippen molar-refractivity contribution >= 4 is 52.0 Å². The predicted octanol–water partition coefficient (Wildman–Crippen LogP) is 3.89. The molecule has 25 heavy (non-hydrogen) atoms. The van der Waals surface area contributed by atoms with E-state index in [1.807, 2.05) is 6.07 Å². The highest BCUT2D eigenvalue weighted by Crippen LogP contribution is 2.37. The van der Waals surface area contributed by atoms with Gasteiger partial charge in [-0.05, 0) is 24.3 Å². The number of likely N-dealkylation sites (N-methyl/N-ethyl adjacent to an activating group) is 1. The SMILES string of the molecule is CN1C(=O)/C(=C(/C#N)C(=O)Nc2cc(Cl)ccc2Cl)c2ccccc21. The largest absolute Gasteiger partial charge is 0.320 e. The van der Waals surface area contributed by atoms with Gasteiger partial charge >= 0.3 is 0 Å². The fourth-order valence-electron chi connectivity index (χ4n) is 2.61. The van der Waals surface area contributed by atoms with E-state index in [4.69, 9.17) is 23.2 Å². The highest BCUT2D eigenvalue weighted by Gasteiger charge is 2.34. The summed E-state index contributed by atoms with van der Waals surface area (Å²) in [7, 11) is 1.59. The standard InChI is InChI=1S/C18H11Cl2N3O2/c1-23-15-5-3-2-4-11(15)16(18(23)25)12(9-21)17(24)22-14-8-10(19)6-7-13(14)20/h2-8H,1H3,(H,22,24)/b16-12-. The van der Waals surface area contributed by atoms with Crippen molar-refractivity contribution in [2.24, 2.45) is 0 Å². The summed E-state index contributed by atoms with van der Waals surface area (Å²) < 4.78 is 0. The molecule has 1 aliphatic rings. The Kier molecular flexibility index (Phi) is 4.49. The van der Waals surface area contributed by atoms with Gasteiger partial charge in [0.1, 0.15) is 11.6 Å². The molecule has 3 rings (SSSR count). The van der Waals surface area contributed by atoms with Crippen molar-refractivity contribution in [1.29, 1.82) is 5.26 Å². The lowest BCUT2D eigenvalue weighted by Gasteiger charge is -2.09. The van der Waals surface area contributed by atoms with Gasteiger partial charge in [0.15, 0.2) is 0 Å². The van der Waals surface area contributed by atoms with Crippen LogP contribution in [-0.4, -0.2) is 18.9 Å². The topological polar surface area (TPSA) is 73.2 Å². The molecule has 0 spiro atoms. The van der Waals surface area contributed by atoms with Crippen LogP contribution in [0.3, 0.4) is 0 Å². The van der Waals surface area contributed by atoms with Crippen LogP contribution < -0.4 is 10.2 Å². The molecule has 0 aromatic heterocycles. The Labute approximate surface area is 154 Å². The van der Waals surface area contributed by atoms with Crippen LogP contribution in [0.25, 0.3) is 5.57 Å². The molecule has 0 saturated carbocycles. The van der Waals surface area contributed by atoms with E-state index in [-0.39, 0.29) is 21.9 Å². The van der Waals surface area contributed by atoms with Crippen molar-refractivity contribution in [2.45, 2.75) is 0 Å². The van der Waals surface area contributed by atoms with E-state index in [1.54, 1.807) is 37.4 Å². The first kappa shape index (κ1) is 17.0. The van der Waals surface area contributed by atoms with Crippen molar-refractivity contribution in [3.8, 4) is 6.07 Å². The van der Waals surface area contributed by atoms with E-state index in [9.17, 15) is 14.9 Å². The molecule has 2 aromatic rings. The molecule has 1 aliphatic heterocycles. The minimum Gasteiger partial charge on any atom is -0.320 e. The van der Waals surface area contributed by atoms with Gasteiger partial charge in [0.2, 0.25) is 0 Å². The summed E-state index contributed by atoms with van der Waals surface area (Å²) in [6.07, 6.45) is 0. The first-order chi connectivity index (χ1) is 11.9. The van der Waals surface area contributed by atoms with E-state index in [0.29, 0.717) is 16.3 Å². The summed E-state index contributed by atoms with van der Waals surface area (Å²) in [5, 5.41) is 12.7. The number of amides is 2. The number of nitrogens with one attached hydrogen (secondary N) is 1. The highest BCUT2D eigenvalue weighted by molar-refractivity contribution is 6.39. The summed E-state index contributed by atoms with van der Waals surface area (Å²) >= 11 is 11.9. The Morgan fingerprint density at radius 1 is 1.20 bits per heavy atom. The van der Waals surface area contributed by atoms with Crippen LogP contribution in [0, 0.1) is 11.3 Å². The normalized spacial score (nSPS) is 14.8. The van der Waals surface area contributed by atoms with Crippen molar-refractivity contribution in [1.82, 2.24) is 0 Å². The Morgan fingerprint density at radius 3 is 2.64 bits per heavy atom. The third-order valence-corrected chi connectivity index (χ3v) is 4.38. The Bertz CT molecular complexity index is 977. The van der Waals surface area contributed by atoms with Gasteiger partial charge in [0.25, 0.3) is 11.8 Å². The van der Waals surface area contributed by atoms with Crippen LogP contribution in [-0.2, 0) is 9.59 Å². The van der Waals surface area contributed by atoms with Gasteiger partial charge in [0, 0.05) is 17.6 Å². The van der Waals surface area contributed by atoms with Crippen LogP contribution in [0.5, 0.6) is 0 Å². The maximum Gasteiger partial charge on any atom is 0.267 e. The molecule has 0 aliphatic carbocycles. The minimum atomic E-state index is -0.722. The maximum absolute atomic E-state index is 12.6. The van der Waals surface area contributed by atoms with Crippen LogP contribution in [0.1, 0.15) is 5.56 Å². The molecule has 2 aromatic carbocycles. The molecule has 1 heterocycles. The Balaban J connectivity index is 2.07. The van der Waals surface area contributed by atoms with Crippen molar-refractivity contribution in [3.63, 3.8) is 0 Å². The van der Waals surface area contributed by atoms with Gasteiger partial charge in [0.05, 0.1) is 22.0 Å². The highest BCUT2D eigenvalue weighted by atomic mass is 35.5. The van der Waals surface area contributed by atoms with Crippen LogP contribution in [0.2, 0.25) is 10.0 Å². The molecule has 7 heteroatoms. The molecule has 0 bridgehead atoms. The number of hydrogen-bond donors (Lipinski definition) is 1. The van der Waals surface area contributed by atoms with Gasteiger partial charge in [-0.2, -0.15) is 5.26 Å². The molecule has 0 fully saturated rings. The Hall–Kier alpha value is -2.81. The number of carbonyl (C=O) groups is 2. The molecular weight excluding hydrogens is 361 g/mol. The fourth-order valence-corrected chi connectivity index (χ4v) is 2.95. The lowest BCUT2D eigenvalue weighted by Crippen LogP contribution is -2.23. The molecule has 2 amide bonds. The van der Waals surface area contributed by atoms with Crippen molar-refractivity contribution < 1.29 is 9.59 Å². The molecule has 0 unspecified atom stereocenters. The van der Waals surface area contributed by atoms with Gasteiger partial charge in [-0.25, -0.2) is 0 Å². The molecule has 0 saturated heterocycles. The number of anilines is 2. The molecule has 5 nitrogen and oxygen atoms in total. The van der Waals surface area contributed by atoms with Gasteiger partial charge < -0.3 is 10.2 Å². The number of nitrogens with zero attached hydrogens (tertiary/aromatic N) is 2. The van der Waals surface area contributed by atoms with E-state index in [0.717, 1.165) is 0 Å². The summed E-state index contributed by atoms with van der Waals surface area (Å²) in [6, 6.07) is 13.4. The van der Waals surface area contributed by atoms with Gasteiger partial charge in [-0.15, -0.1) is 0 Å². The molecule has 0 radical (unpaired) electrons. The fraction of sp³-hybridized carbons (Fsp3) is 0.0556. The smallest absolute Gasteiger partial charge is 0.267 e. The third kappa shape index (κ3) is 2.98. The zero-order valence-corrected chi connectivity index (χ0v) is 14.5. The van der Waals surface area contributed by atoms with Crippen molar-refractivity contribution in [2.75, 3.05) is 17.3 Å². The average Bonchev–Trinajstić information content (AvgIpc) is 2.84. The van der Waals surface area contributed by atoms with E-state index >= 15 is 0 Å². The number of para-hydroxylation sites is 1. The zero-order valence-electron chi connectivity index (χ0n) is 13.0. The first-order valence-electron chi connectivity index (χ1n) is 7.22. The second-order valence-corrected chi connectivity index (χ2v) is 6.17. The van der Waals surface area contributed by atoms with Crippen molar-refractivity contribution in [3.05, 3.63) is 63.6 Å². The quantitative estimate of drug-likeness (QED) is 0.642. The summed E-state index contributed by atoms with van der Waals surface area (Å²) in [5.74, 6) is -1.13. The number of hydrogen-bond acceptors (Lipinski definition) is 3. The molecular formula is C18H11Cl2N3O2. The number of nitriles is 1. The van der Waals surface area contributed by atoms with Crippen LogP contribution in [0.4, 0.5) is 11.4 Å². The lowest BCUT2D eigenvalue weighted by molar-refractivity contribution is -0.114. The Morgan fingerprint density at radius 2 is 1.92 bits per heavy atom. The van der Waals surface area contributed by atoms with Gasteiger partial charge in [-0.1, -0.05) is 41.4 Å². The monoisotopic (exact) mass is 371 g/mol. The first-order valence-corrected chi connectivity index (χ1v) is 7.98. The van der Waals surface area contributed by atoms with E-state index < -0.39 is 11.8 Å². The minimum absolute atomic E-state index is 0.0660. The number of benzene rings is 2. The maximum atomic E-state index is 12.6. The average molecular weight is 372 g/mol. The van der Waals surface area contributed by atoms with Gasteiger partial charge in [-0.3, -0.25) is 9.59 Å². The van der Waals surface area contributed by atoms with E-state index in [1.165, 1.54) is 17.0 Å². The second-order valence-electron chi connectivity index (χ2n) is 5.32. The number of halogens is 2. The van der Waals surface area contributed by atoms with Crippen LogP contribution in [0.15, 0.2) is 48.0 Å². The number of carbonyl (C=O) groups excluding carboxylic acids is 2. The summed E-state index contributed by atoms with van der Waals surface area (Å²) in [6.45, 7) is 0. The molecule has 0 atom stereocenters. The summed E-state index contributed by atoms with van der Waals surface area (Å²) in [5.41, 5.74) is 1.23. The predicted molar refractivity (Wildman–Crippen MR) is 97.5 cm³/mol. The number of fused-ring (bicyclic) bond motifs is 1. The lowest BCUT2D eigenvalue weighted by atomic mass is 10.0. The van der Waals surface area contributed by atoms with Crippen LogP contribution >= 0.6 is 23.2 Å². The van der Waals surface area contributed by atoms with E-state index in [2.05, 4.69) is 5.32 Å². The third-order valence-electron chi connectivity index (χ3n) is 3.82. The molecule has 1 N–H and O–H groups in total.